The number of unbranched alkanes of at least 4 members (excludes halogenated alkanes) is 6. The second-order valence-corrected chi connectivity index (χ2v) is 40.5. The SMILES string of the molecule is CCCC[Si](CCCC)(CCCC)OS1(=O)=C([Si](CC)(CC)CC)S(=O)(O[Si](CCCC)(CCCC)CCCC)=C1[Si](CC)(CC)CC. The van der Waals surface area contributed by atoms with Gasteiger partial charge in [0.05, 0.1) is 7.64 Å². The van der Waals surface area contributed by atoms with Gasteiger partial charge in [0.2, 0.25) is 16.6 Å². The van der Waals surface area contributed by atoms with Gasteiger partial charge in [0.15, 0.2) is 0 Å². The molecule has 0 radical (unpaired) electrons. The van der Waals surface area contributed by atoms with E-state index in [9.17, 15) is 0 Å². The van der Waals surface area contributed by atoms with Crippen LogP contribution in [-0.2, 0) is 27.3 Å². The van der Waals surface area contributed by atoms with E-state index in [2.05, 4.69) is 83.1 Å². The van der Waals surface area contributed by atoms with Crippen LogP contribution in [0.1, 0.15) is 160 Å². The molecule has 0 unspecified atom stereocenters. The maximum Gasteiger partial charge on any atom is 0.214 e. The van der Waals surface area contributed by atoms with Crippen molar-refractivity contribution in [2.24, 2.45) is 0 Å². The van der Waals surface area contributed by atoms with Gasteiger partial charge in [-0.05, 0) is 36.3 Å². The third-order valence-electron chi connectivity index (χ3n) is 12.4. The summed E-state index contributed by atoms with van der Waals surface area (Å²) in [6, 6.07) is 12.4. The average molecular weight is 782 g/mol. The highest BCUT2D eigenvalue weighted by Crippen LogP contribution is 2.46. The summed E-state index contributed by atoms with van der Waals surface area (Å²) in [6.45, 7) is 27.6. The standard InChI is InChI=1S/C38H84O4S2Si4/c1-13-25-31-47(32-26-14-2,33-27-15-3)41-43(39)37(45(19-7,20-8)21-9)44(40,38(43)46(22-10,23-11)24-12)42-48(34-28-16-4,35-29-17-5)36-30-18-6/h13-36H2,1-12H3. The van der Waals surface area contributed by atoms with Crippen molar-refractivity contribution in [2.75, 3.05) is 0 Å². The zero-order valence-corrected chi connectivity index (χ0v) is 40.1. The van der Waals surface area contributed by atoms with Crippen LogP contribution in [-0.4, -0.2) is 48.8 Å². The van der Waals surface area contributed by atoms with E-state index < -0.39 is 52.4 Å². The predicted octanol–water partition coefficient (Wildman–Crippen LogP) is 13.5. The lowest BCUT2D eigenvalue weighted by Crippen LogP contribution is -2.69. The molecule has 1 heterocycles. The van der Waals surface area contributed by atoms with Crippen molar-refractivity contribution >= 4 is 60.0 Å². The first kappa shape index (κ1) is 46.8. The number of hydrogen-bond donors (Lipinski definition) is 0. The number of rotatable bonds is 30. The Kier molecular flexibility index (Phi) is 21.6. The molecule has 48 heavy (non-hydrogen) atoms. The molecule has 288 valence electrons. The van der Waals surface area contributed by atoms with Gasteiger partial charge in [0, 0.05) is 0 Å². The quantitative estimate of drug-likeness (QED) is 0.0538. The maximum absolute atomic E-state index is 16.8. The van der Waals surface area contributed by atoms with Crippen molar-refractivity contribution in [1.29, 1.82) is 0 Å². The minimum Gasteiger partial charge on any atom is -0.338 e. The first-order chi connectivity index (χ1) is 22.9. The van der Waals surface area contributed by atoms with Crippen LogP contribution in [0.5, 0.6) is 0 Å². The lowest BCUT2D eigenvalue weighted by atomic mass is 10.4. The van der Waals surface area contributed by atoms with Crippen LogP contribution in [0.2, 0.25) is 72.5 Å². The Morgan fingerprint density at radius 1 is 0.375 bits per heavy atom. The van der Waals surface area contributed by atoms with Gasteiger partial charge in [0.25, 0.3) is 0 Å². The molecule has 0 aromatic carbocycles. The molecular weight excluding hydrogens is 697 g/mol. The van der Waals surface area contributed by atoms with E-state index in [1.807, 2.05) is 0 Å². The minimum absolute atomic E-state index is 0.917. The van der Waals surface area contributed by atoms with Gasteiger partial charge in [-0.3, -0.25) is 0 Å². The molecule has 0 atom stereocenters. The Hall–Kier alpha value is 0.828. The molecule has 0 saturated carbocycles. The van der Waals surface area contributed by atoms with E-state index in [1.54, 1.807) is 0 Å². The summed E-state index contributed by atoms with van der Waals surface area (Å²) in [5.74, 6) is 0. The third kappa shape index (κ3) is 10.5. The lowest BCUT2D eigenvalue weighted by molar-refractivity contribution is 0.525. The molecule has 0 fully saturated rings. The van der Waals surface area contributed by atoms with Crippen LogP contribution in [0.25, 0.3) is 0 Å². The fourth-order valence-electron chi connectivity index (χ4n) is 8.57. The molecule has 10 heteroatoms. The lowest BCUT2D eigenvalue weighted by Gasteiger charge is -2.51. The van der Waals surface area contributed by atoms with E-state index in [-0.39, 0.29) is 0 Å². The highest BCUT2D eigenvalue weighted by Gasteiger charge is 2.61. The normalized spacial score (nSPS) is 20.8. The van der Waals surface area contributed by atoms with Crippen molar-refractivity contribution in [1.82, 2.24) is 0 Å². The maximum atomic E-state index is 16.8. The van der Waals surface area contributed by atoms with E-state index in [1.165, 1.54) is 0 Å². The minimum atomic E-state index is -3.01. The summed E-state index contributed by atoms with van der Waals surface area (Å²) in [5, 5.41) is 0. The smallest absolute Gasteiger partial charge is 0.214 e. The Labute approximate surface area is 307 Å². The highest BCUT2D eigenvalue weighted by atomic mass is 32.3. The van der Waals surface area contributed by atoms with Gasteiger partial charge in [0.1, 0.15) is 35.8 Å². The van der Waals surface area contributed by atoms with Crippen molar-refractivity contribution in [3.8, 4) is 0 Å². The molecule has 0 aliphatic carbocycles. The van der Waals surface area contributed by atoms with Gasteiger partial charge in [-0.2, -0.15) is 0 Å². The molecule has 0 aromatic rings. The Balaban J connectivity index is 4.52. The van der Waals surface area contributed by atoms with Gasteiger partial charge in [-0.25, -0.2) is 8.42 Å². The summed E-state index contributed by atoms with van der Waals surface area (Å²) in [7, 11) is -15.6. The molecule has 0 amide bonds. The predicted molar refractivity (Wildman–Crippen MR) is 233 cm³/mol. The fraction of sp³-hybridized carbons (Fsp3) is 0.947. The van der Waals surface area contributed by atoms with Crippen LogP contribution in [0.3, 0.4) is 0 Å². The summed E-state index contributed by atoms with van der Waals surface area (Å²) in [6.07, 6.45) is 13.7. The molecule has 0 saturated heterocycles. The topological polar surface area (TPSA) is 52.6 Å². The van der Waals surface area contributed by atoms with E-state index in [0.717, 1.165) is 157 Å². The van der Waals surface area contributed by atoms with Crippen LogP contribution < -0.4 is 0 Å². The van der Waals surface area contributed by atoms with Crippen molar-refractivity contribution in [2.45, 2.75) is 233 Å². The summed E-state index contributed by atoms with van der Waals surface area (Å²) in [5.41, 5.74) is 0. The average Bonchev–Trinajstić information content (AvgIpc) is 3.10. The summed E-state index contributed by atoms with van der Waals surface area (Å²) < 4.78 is 50.9. The third-order valence-corrected chi connectivity index (χ3v) is 47.6. The van der Waals surface area contributed by atoms with Gasteiger partial charge in [-0.15, -0.1) is 0 Å². The first-order valence-corrected chi connectivity index (χ1v) is 34.4. The fourth-order valence-corrected chi connectivity index (χ4v) is 50.8. The second-order valence-electron chi connectivity index (χ2n) is 15.4. The molecule has 0 bridgehead atoms. The van der Waals surface area contributed by atoms with Crippen molar-refractivity contribution in [3.05, 3.63) is 0 Å². The summed E-state index contributed by atoms with van der Waals surface area (Å²) >= 11 is 0. The highest BCUT2D eigenvalue weighted by molar-refractivity contribution is 8.53. The van der Waals surface area contributed by atoms with Gasteiger partial charge < -0.3 is 7.74 Å². The zero-order chi connectivity index (χ0) is 36.5. The summed E-state index contributed by atoms with van der Waals surface area (Å²) in [4.78, 5) is 0. The molecule has 0 spiro atoms. The second kappa shape index (κ2) is 22.1. The van der Waals surface area contributed by atoms with Crippen LogP contribution in [0.15, 0.2) is 0 Å². The van der Waals surface area contributed by atoms with E-state index >= 15 is 8.42 Å². The van der Waals surface area contributed by atoms with Crippen LogP contribution in [0.4, 0.5) is 0 Å². The first-order valence-electron chi connectivity index (χ1n) is 21.1. The van der Waals surface area contributed by atoms with Gasteiger partial charge >= 0.3 is 0 Å². The Bertz CT molecular complexity index is 991. The molecular formula is C38H84O4S2Si4. The largest absolute Gasteiger partial charge is 0.338 e. The van der Waals surface area contributed by atoms with Crippen molar-refractivity contribution in [3.63, 3.8) is 0 Å². The molecule has 0 aromatic heterocycles. The molecule has 0 N–H and O–H groups in total. The monoisotopic (exact) mass is 780 g/mol. The molecule has 1 aliphatic heterocycles. The Morgan fingerprint density at radius 3 is 0.708 bits per heavy atom. The zero-order valence-electron chi connectivity index (χ0n) is 34.4. The van der Waals surface area contributed by atoms with E-state index in [4.69, 9.17) is 7.74 Å². The van der Waals surface area contributed by atoms with Crippen LogP contribution >= 0.6 is 0 Å². The van der Waals surface area contributed by atoms with E-state index in [0.29, 0.717) is 0 Å². The van der Waals surface area contributed by atoms with Gasteiger partial charge in [-0.1, -0.05) is 196 Å². The number of hydrogen-bond acceptors (Lipinski definition) is 4. The molecule has 4 nitrogen and oxygen atoms in total. The molecule has 1 aliphatic rings. The Morgan fingerprint density at radius 2 is 0.562 bits per heavy atom. The van der Waals surface area contributed by atoms with Crippen molar-refractivity contribution < 1.29 is 16.2 Å². The molecule has 1 rings (SSSR count). The van der Waals surface area contributed by atoms with Crippen LogP contribution in [0, 0.1) is 0 Å².